The molecule has 0 bridgehead atoms. The van der Waals surface area contributed by atoms with Crippen molar-refractivity contribution in [3.8, 4) is 0 Å². The Balaban J connectivity index is 1.46. The van der Waals surface area contributed by atoms with E-state index < -0.39 is 0 Å². The molecule has 1 aliphatic rings. The molecular formula is C18H20ClN3O. The summed E-state index contributed by atoms with van der Waals surface area (Å²) in [6, 6.07) is 11.6. The minimum Gasteiger partial charge on any atom is -0.370 e. The predicted molar refractivity (Wildman–Crippen MR) is 93.9 cm³/mol. The van der Waals surface area contributed by atoms with Gasteiger partial charge in [-0.15, -0.1) is 0 Å². The van der Waals surface area contributed by atoms with Crippen LogP contribution >= 0.6 is 11.6 Å². The van der Waals surface area contributed by atoms with Gasteiger partial charge in [0, 0.05) is 17.5 Å². The fourth-order valence-corrected chi connectivity index (χ4v) is 2.73. The monoisotopic (exact) mass is 329 g/mol. The molecular weight excluding hydrogens is 310 g/mol. The third kappa shape index (κ3) is 4.45. The fourth-order valence-electron chi connectivity index (χ4n) is 2.51. The lowest BCUT2D eigenvalue weighted by molar-refractivity contribution is -0.122. The van der Waals surface area contributed by atoms with Crippen LogP contribution in [0.5, 0.6) is 0 Å². The van der Waals surface area contributed by atoms with Crippen molar-refractivity contribution in [2.24, 2.45) is 5.92 Å². The van der Waals surface area contributed by atoms with Gasteiger partial charge in [0.05, 0.1) is 11.9 Å². The van der Waals surface area contributed by atoms with E-state index in [9.17, 15) is 4.79 Å². The lowest BCUT2D eigenvalue weighted by Crippen LogP contribution is -2.28. The minimum atomic E-state index is 0.111. The number of hydrogen-bond acceptors (Lipinski definition) is 3. The lowest BCUT2D eigenvalue weighted by atomic mass is 9.85. The Morgan fingerprint density at radius 3 is 2.78 bits per heavy atom. The highest BCUT2D eigenvalue weighted by Crippen LogP contribution is 2.27. The van der Waals surface area contributed by atoms with Crippen molar-refractivity contribution in [2.45, 2.75) is 25.7 Å². The van der Waals surface area contributed by atoms with Crippen LogP contribution < -0.4 is 10.6 Å². The molecule has 2 N–H and O–H groups in total. The van der Waals surface area contributed by atoms with Gasteiger partial charge in [0.2, 0.25) is 5.91 Å². The summed E-state index contributed by atoms with van der Waals surface area (Å²) in [6.45, 7) is 0.779. The number of nitrogens with zero attached hydrogens (tertiary/aromatic N) is 1. The van der Waals surface area contributed by atoms with Crippen LogP contribution in [-0.2, 0) is 11.2 Å². The largest absolute Gasteiger partial charge is 0.370 e. The number of nitrogens with one attached hydrogen (secondary N) is 2. The minimum absolute atomic E-state index is 0.111. The zero-order valence-electron chi connectivity index (χ0n) is 12.9. The second-order valence-electron chi connectivity index (χ2n) is 5.86. The zero-order valence-corrected chi connectivity index (χ0v) is 13.6. The van der Waals surface area contributed by atoms with E-state index >= 15 is 0 Å². The number of amides is 1. The highest BCUT2D eigenvalue weighted by atomic mass is 35.5. The second-order valence-corrected chi connectivity index (χ2v) is 6.29. The molecule has 5 heteroatoms. The number of rotatable bonds is 6. The third-order valence-electron chi connectivity index (χ3n) is 4.12. The summed E-state index contributed by atoms with van der Waals surface area (Å²) in [5, 5.41) is 6.94. The highest BCUT2D eigenvalue weighted by molar-refractivity contribution is 6.30. The van der Waals surface area contributed by atoms with E-state index in [1.165, 1.54) is 5.56 Å². The van der Waals surface area contributed by atoms with Gasteiger partial charge < -0.3 is 10.6 Å². The molecule has 0 unspecified atom stereocenters. The third-order valence-corrected chi connectivity index (χ3v) is 4.35. The van der Waals surface area contributed by atoms with E-state index in [1.54, 1.807) is 6.20 Å². The number of halogens is 1. The molecule has 0 atom stereocenters. The number of hydrogen-bond donors (Lipinski definition) is 2. The summed E-state index contributed by atoms with van der Waals surface area (Å²) in [5.41, 5.74) is 1.94. The van der Waals surface area contributed by atoms with E-state index in [1.807, 2.05) is 30.3 Å². The first-order valence-corrected chi connectivity index (χ1v) is 8.34. The summed E-state index contributed by atoms with van der Waals surface area (Å²) < 4.78 is 0. The van der Waals surface area contributed by atoms with Crippen LogP contribution in [0.15, 0.2) is 42.6 Å². The van der Waals surface area contributed by atoms with Gasteiger partial charge in [0.15, 0.2) is 0 Å². The Kier molecular flexibility index (Phi) is 5.13. The van der Waals surface area contributed by atoms with Crippen LogP contribution in [0.4, 0.5) is 11.5 Å². The molecule has 0 saturated heterocycles. The molecule has 1 aliphatic carbocycles. The average molecular weight is 330 g/mol. The topological polar surface area (TPSA) is 54.0 Å². The van der Waals surface area contributed by atoms with Crippen molar-refractivity contribution in [3.05, 3.63) is 53.2 Å². The molecule has 2 aromatic rings. The van der Waals surface area contributed by atoms with Gasteiger partial charge in [-0.3, -0.25) is 4.79 Å². The number of benzene rings is 1. The molecule has 4 nitrogen and oxygen atoms in total. The van der Waals surface area contributed by atoms with Gasteiger partial charge in [-0.2, -0.15) is 0 Å². The van der Waals surface area contributed by atoms with Crippen molar-refractivity contribution < 1.29 is 4.79 Å². The summed E-state index contributed by atoms with van der Waals surface area (Å²) in [5.74, 6) is 1.10. The molecule has 3 rings (SSSR count). The van der Waals surface area contributed by atoms with E-state index in [-0.39, 0.29) is 11.8 Å². The quantitative estimate of drug-likeness (QED) is 0.838. The Bertz CT molecular complexity index is 668. The Morgan fingerprint density at radius 1 is 1.26 bits per heavy atom. The van der Waals surface area contributed by atoms with Crippen molar-refractivity contribution in [1.29, 1.82) is 0 Å². The van der Waals surface area contributed by atoms with Gasteiger partial charge in [0.25, 0.3) is 0 Å². The van der Waals surface area contributed by atoms with Crippen LogP contribution in [0.1, 0.15) is 24.8 Å². The fraction of sp³-hybridized carbons (Fsp3) is 0.333. The normalized spacial score (nSPS) is 14.1. The van der Waals surface area contributed by atoms with Gasteiger partial charge in [-0.1, -0.05) is 30.2 Å². The van der Waals surface area contributed by atoms with E-state index in [2.05, 4.69) is 21.7 Å². The number of pyridine rings is 1. The molecule has 1 heterocycles. The molecule has 1 fully saturated rings. The first-order chi connectivity index (χ1) is 11.2. The maximum Gasteiger partial charge on any atom is 0.227 e. The first kappa shape index (κ1) is 15.8. The molecule has 120 valence electrons. The predicted octanol–water partition coefficient (Wildman–Crippen LogP) is 4.13. The number of anilines is 2. The first-order valence-electron chi connectivity index (χ1n) is 7.96. The van der Waals surface area contributed by atoms with Gasteiger partial charge in [-0.25, -0.2) is 4.98 Å². The molecule has 0 radical (unpaired) electrons. The van der Waals surface area contributed by atoms with Crippen molar-refractivity contribution in [3.63, 3.8) is 0 Å². The Morgan fingerprint density at radius 2 is 2.13 bits per heavy atom. The highest BCUT2D eigenvalue weighted by Gasteiger charge is 2.25. The smallest absolute Gasteiger partial charge is 0.227 e. The van der Waals surface area contributed by atoms with Gasteiger partial charge in [-0.05, 0) is 49.1 Å². The van der Waals surface area contributed by atoms with Gasteiger partial charge >= 0.3 is 0 Å². The second kappa shape index (κ2) is 7.47. The van der Waals surface area contributed by atoms with E-state index in [0.29, 0.717) is 0 Å². The molecule has 1 amide bonds. The van der Waals surface area contributed by atoms with Crippen LogP contribution in [0.3, 0.4) is 0 Å². The summed E-state index contributed by atoms with van der Waals surface area (Å²) in [4.78, 5) is 16.2. The molecule has 1 aromatic heterocycles. The summed E-state index contributed by atoms with van der Waals surface area (Å²) >= 11 is 5.97. The van der Waals surface area contributed by atoms with Crippen LogP contribution in [0, 0.1) is 5.92 Å². The molecule has 23 heavy (non-hydrogen) atoms. The Labute approximate surface area is 141 Å². The number of aromatic nitrogens is 1. The van der Waals surface area contributed by atoms with E-state index in [0.717, 1.165) is 48.8 Å². The number of carbonyl (C=O) groups excluding carboxylic acids is 1. The molecule has 1 aromatic carbocycles. The van der Waals surface area contributed by atoms with Crippen LogP contribution in [0.25, 0.3) is 0 Å². The maximum atomic E-state index is 11.9. The average Bonchev–Trinajstić information content (AvgIpc) is 2.47. The SMILES string of the molecule is O=C(Nc1ccc(NCCc2cccc(Cl)c2)nc1)C1CCC1. The summed E-state index contributed by atoms with van der Waals surface area (Å²) in [6.07, 6.45) is 5.73. The molecule has 0 spiro atoms. The summed E-state index contributed by atoms with van der Waals surface area (Å²) in [7, 11) is 0. The standard InChI is InChI=1S/C18H20ClN3O/c19-15-6-1-3-13(11-15)9-10-20-17-8-7-16(12-21-17)22-18(23)14-4-2-5-14/h1,3,6-8,11-12,14H,2,4-5,9-10H2,(H,20,21)(H,22,23). The van der Waals surface area contributed by atoms with E-state index in [4.69, 9.17) is 11.6 Å². The lowest BCUT2D eigenvalue weighted by Gasteiger charge is -2.23. The zero-order chi connectivity index (χ0) is 16.1. The molecule has 1 saturated carbocycles. The van der Waals surface area contributed by atoms with Crippen LogP contribution in [0.2, 0.25) is 5.02 Å². The van der Waals surface area contributed by atoms with Crippen molar-refractivity contribution in [2.75, 3.05) is 17.2 Å². The van der Waals surface area contributed by atoms with Crippen molar-refractivity contribution in [1.82, 2.24) is 4.98 Å². The Hall–Kier alpha value is -2.07. The van der Waals surface area contributed by atoms with Crippen molar-refractivity contribution >= 4 is 29.0 Å². The maximum absolute atomic E-state index is 11.9. The number of carbonyl (C=O) groups is 1. The van der Waals surface area contributed by atoms with Gasteiger partial charge in [0.1, 0.15) is 5.82 Å². The van der Waals surface area contributed by atoms with Crippen LogP contribution in [-0.4, -0.2) is 17.4 Å². The molecule has 0 aliphatic heterocycles.